The average molecular weight is 458 g/mol. The fraction of sp³-hybridized carbons (Fsp3) is 0.100. The summed E-state index contributed by atoms with van der Waals surface area (Å²) in [6.45, 7) is -0.258. The number of carbonyl (C=O) groups is 2. The number of imidazole rings is 1. The van der Waals surface area contributed by atoms with Crippen molar-refractivity contribution in [2.75, 3.05) is 5.32 Å². The van der Waals surface area contributed by atoms with E-state index in [1.165, 1.54) is 29.5 Å². The van der Waals surface area contributed by atoms with Crippen molar-refractivity contribution in [1.29, 1.82) is 0 Å². The number of carboxylic acid groups (broad SMARTS) is 1. The largest absolute Gasteiger partial charge is 0.476 e. The first kappa shape index (κ1) is 21.7. The molecule has 0 aliphatic rings. The van der Waals surface area contributed by atoms with Gasteiger partial charge in [0.2, 0.25) is 0 Å². The van der Waals surface area contributed by atoms with E-state index in [-0.39, 0.29) is 29.2 Å². The first-order valence-electron chi connectivity index (χ1n) is 9.20. The predicted octanol–water partition coefficient (Wildman–Crippen LogP) is 3.68. The number of benzene rings is 1. The van der Waals surface area contributed by atoms with Crippen LogP contribution in [0.3, 0.4) is 0 Å². The summed E-state index contributed by atoms with van der Waals surface area (Å²) in [6, 6.07) is 5.75. The number of aromatic carboxylic acids is 1. The van der Waals surface area contributed by atoms with E-state index in [1.807, 2.05) is 0 Å². The number of nitrogens with one attached hydrogen (secondary N) is 1. The van der Waals surface area contributed by atoms with E-state index in [2.05, 4.69) is 25.3 Å². The maximum Gasteiger partial charge on any atom is 0.416 e. The zero-order valence-corrected chi connectivity index (χ0v) is 16.4. The van der Waals surface area contributed by atoms with Gasteiger partial charge in [-0.25, -0.2) is 24.5 Å². The molecule has 1 aromatic carbocycles. The first-order valence-corrected chi connectivity index (χ1v) is 9.20. The number of hydrogen-bond acceptors (Lipinski definition) is 7. The molecule has 0 atom stereocenters. The van der Waals surface area contributed by atoms with Gasteiger partial charge in [-0.05, 0) is 30.3 Å². The van der Waals surface area contributed by atoms with Gasteiger partial charge >= 0.3 is 18.2 Å². The number of carboxylic acids is 1. The SMILES string of the molecule is O=C(Nc1ccncc1)OCc1cn(-c2nc3cc(C(F)(F)F)ccc3nc2C(=O)O)cn1. The highest BCUT2D eigenvalue weighted by atomic mass is 19.4. The van der Waals surface area contributed by atoms with Crippen molar-refractivity contribution in [2.45, 2.75) is 12.8 Å². The fourth-order valence-corrected chi connectivity index (χ4v) is 2.83. The number of ether oxygens (including phenoxy) is 1. The van der Waals surface area contributed by atoms with E-state index in [1.54, 1.807) is 12.1 Å². The molecular weight excluding hydrogens is 445 g/mol. The number of pyridine rings is 1. The summed E-state index contributed by atoms with van der Waals surface area (Å²) >= 11 is 0. The van der Waals surface area contributed by atoms with Crippen LogP contribution < -0.4 is 5.32 Å². The molecule has 0 unspecified atom stereocenters. The molecule has 33 heavy (non-hydrogen) atoms. The molecule has 0 spiro atoms. The number of carbonyl (C=O) groups excluding carboxylic acids is 1. The number of anilines is 1. The summed E-state index contributed by atoms with van der Waals surface area (Å²) in [7, 11) is 0. The van der Waals surface area contributed by atoms with Crippen molar-refractivity contribution in [3.63, 3.8) is 0 Å². The standard InChI is InChI=1S/C20H13F3N6O4/c21-20(22,23)11-1-2-14-15(7-11)28-17(16(27-14)18(30)31)29-8-13(25-10-29)9-33-19(32)26-12-3-5-24-6-4-12/h1-8,10H,9H2,(H,30,31)(H,24,26,32). The predicted molar refractivity (Wildman–Crippen MR) is 107 cm³/mol. The maximum absolute atomic E-state index is 13.0. The second kappa shape index (κ2) is 8.53. The summed E-state index contributed by atoms with van der Waals surface area (Å²) < 4.78 is 45.3. The van der Waals surface area contributed by atoms with Gasteiger partial charge in [-0.15, -0.1) is 0 Å². The van der Waals surface area contributed by atoms with E-state index in [0.717, 1.165) is 18.2 Å². The number of nitrogens with zero attached hydrogens (tertiary/aromatic N) is 5. The second-order valence-corrected chi connectivity index (χ2v) is 6.61. The summed E-state index contributed by atoms with van der Waals surface area (Å²) in [4.78, 5) is 39.4. The number of rotatable bonds is 5. The van der Waals surface area contributed by atoms with Crippen LogP contribution in [0.15, 0.2) is 55.2 Å². The molecule has 0 saturated carbocycles. The minimum Gasteiger partial charge on any atom is -0.476 e. The highest BCUT2D eigenvalue weighted by molar-refractivity contribution is 5.92. The van der Waals surface area contributed by atoms with Crippen LogP contribution in [-0.4, -0.2) is 41.7 Å². The number of amides is 1. The molecule has 0 fully saturated rings. The van der Waals surface area contributed by atoms with Crippen LogP contribution in [0.2, 0.25) is 0 Å². The lowest BCUT2D eigenvalue weighted by atomic mass is 10.2. The quantitative estimate of drug-likeness (QED) is 0.463. The van der Waals surface area contributed by atoms with Gasteiger partial charge in [-0.3, -0.25) is 14.9 Å². The Hall–Kier alpha value is -4.55. The topological polar surface area (TPSA) is 132 Å². The Labute approximate surface area is 182 Å². The first-order chi connectivity index (χ1) is 15.7. The molecular formula is C20H13F3N6O4. The third-order valence-electron chi connectivity index (χ3n) is 4.33. The molecule has 0 aliphatic heterocycles. The van der Waals surface area contributed by atoms with Gasteiger partial charge in [0, 0.05) is 24.3 Å². The third kappa shape index (κ3) is 4.87. The smallest absolute Gasteiger partial charge is 0.416 e. The monoisotopic (exact) mass is 458 g/mol. The Kier molecular flexibility index (Phi) is 5.60. The van der Waals surface area contributed by atoms with Crippen LogP contribution in [0.25, 0.3) is 16.9 Å². The lowest BCUT2D eigenvalue weighted by Crippen LogP contribution is -2.13. The van der Waals surface area contributed by atoms with Crippen LogP contribution in [0.4, 0.5) is 23.7 Å². The molecule has 3 heterocycles. The van der Waals surface area contributed by atoms with Crippen LogP contribution in [0.1, 0.15) is 21.7 Å². The van der Waals surface area contributed by atoms with Gasteiger partial charge in [0.15, 0.2) is 11.5 Å². The van der Waals surface area contributed by atoms with Crippen molar-refractivity contribution in [3.05, 3.63) is 72.2 Å². The number of fused-ring (bicyclic) bond motifs is 1. The van der Waals surface area contributed by atoms with E-state index < -0.39 is 29.5 Å². The van der Waals surface area contributed by atoms with Crippen molar-refractivity contribution in [1.82, 2.24) is 24.5 Å². The van der Waals surface area contributed by atoms with Crippen LogP contribution in [0, 0.1) is 0 Å². The molecule has 0 radical (unpaired) electrons. The van der Waals surface area contributed by atoms with Crippen LogP contribution in [0.5, 0.6) is 0 Å². The molecule has 0 saturated heterocycles. The minimum absolute atomic E-state index is 0.0133. The number of aromatic nitrogens is 5. The number of halogens is 3. The Balaban J connectivity index is 1.58. The lowest BCUT2D eigenvalue weighted by Gasteiger charge is -2.10. The maximum atomic E-state index is 13.0. The molecule has 3 aromatic heterocycles. The van der Waals surface area contributed by atoms with Crippen molar-refractivity contribution in [2.24, 2.45) is 0 Å². The Morgan fingerprint density at radius 2 is 1.85 bits per heavy atom. The Morgan fingerprint density at radius 1 is 1.09 bits per heavy atom. The van der Waals surface area contributed by atoms with Gasteiger partial charge in [-0.1, -0.05) is 0 Å². The highest BCUT2D eigenvalue weighted by Gasteiger charge is 2.31. The van der Waals surface area contributed by atoms with E-state index >= 15 is 0 Å². The highest BCUT2D eigenvalue weighted by Crippen LogP contribution is 2.31. The zero-order chi connectivity index (χ0) is 23.6. The fourth-order valence-electron chi connectivity index (χ4n) is 2.83. The summed E-state index contributed by atoms with van der Waals surface area (Å²) in [5, 5.41) is 12.0. The van der Waals surface area contributed by atoms with Gasteiger partial charge in [0.1, 0.15) is 12.9 Å². The molecule has 0 aliphatic carbocycles. The molecule has 10 nitrogen and oxygen atoms in total. The number of hydrogen-bond donors (Lipinski definition) is 2. The lowest BCUT2D eigenvalue weighted by molar-refractivity contribution is -0.137. The summed E-state index contributed by atoms with van der Waals surface area (Å²) in [5.41, 5.74) is -0.882. The summed E-state index contributed by atoms with van der Waals surface area (Å²) in [6.07, 6.45) is 0.134. The van der Waals surface area contributed by atoms with Gasteiger partial charge in [0.05, 0.1) is 22.3 Å². The number of alkyl halides is 3. The molecule has 2 N–H and O–H groups in total. The molecule has 1 amide bonds. The molecule has 0 bridgehead atoms. The third-order valence-corrected chi connectivity index (χ3v) is 4.33. The Bertz CT molecular complexity index is 1340. The van der Waals surface area contributed by atoms with Crippen molar-refractivity contribution < 1.29 is 32.6 Å². The normalized spacial score (nSPS) is 11.4. The van der Waals surface area contributed by atoms with Crippen LogP contribution in [-0.2, 0) is 17.5 Å². The molecule has 4 aromatic rings. The van der Waals surface area contributed by atoms with E-state index in [4.69, 9.17) is 4.74 Å². The molecule has 168 valence electrons. The van der Waals surface area contributed by atoms with Gasteiger partial charge < -0.3 is 9.84 Å². The molecule has 13 heteroatoms. The summed E-state index contributed by atoms with van der Waals surface area (Å²) in [5.74, 6) is -1.67. The Morgan fingerprint density at radius 3 is 2.55 bits per heavy atom. The zero-order valence-electron chi connectivity index (χ0n) is 16.4. The van der Waals surface area contributed by atoms with E-state index in [0.29, 0.717) is 5.69 Å². The van der Waals surface area contributed by atoms with Gasteiger partial charge in [0.25, 0.3) is 0 Å². The second-order valence-electron chi connectivity index (χ2n) is 6.61. The minimum atomic E-state index is -4.60. The van der Waals surface area contributed by atoms with Gasteiger partial charge in [-0.2, -0.15) is 13.2 Å². The van der Waals surface area contributed by atoms with Crippen molar-refractivity contribution in [3.8, 4) is 5.82 Å². The van der Waals surface area contributed by atoms with Crippen LogP contribution >= 0.6 is 0 Å². The van der Waals surface area contributed by atoms with Crippen molar-refractivity contribution >= 4 is 28.8 Å². The van der Waals surface area contributed by atoms with E-state index in [9.17, 15) is 27.9 Å². The molecule has 4 rings (SSSR count). The average Bonchev–Trinajstić information content (AvgIpc) is 3.25.